The van der Waals surface area contributed by atoms with Gasteiger partial charge in [-0.2, -0.15) is 0 Å². The van der Waals surface area contributed by atoms with Crippen molar-refractivity contribution in [3.8, 4) is 0 Å². The van der Waals surface area contributed by atoms with Gasteiger partial charge in [0, 0.05) is 20.2 Å². The average molecular weight is 300 g/mol. The van der Waals surface area contributed by atoms with Gasteiger partial charge in [-0.15, -0.1) is 0 Å². The second-order valence-corrected chi connectivity index (χ2v) is 6.71. The van der Waals surface area contributed by atoms with Gasteiger partial charge in [-0.1, -0.05) is 6.07 Å². The van der Waals surface area contributed by atoms with Gasteiger partial charge in [0.2, 0.25) is 10.0 Å². The van der Waals surface area contributed by atoms with Crippen LogP contribution in [0.3, 0.4) is 0 Å². The molecule has 0 fully saturated rings. The standard InChI is InChI=1S/C14H24N2O3S/c1-10-6-11(2)14(7-13(10)9-15-4)20(17,18)16-8-12(3)19-5/h6-7,12,15-16H,8-9H2,1-5H3. The van der Waals surface area contributed by atoms with Crippen LogP contribution in [0.1, 0.15) is 23.6 Å². The van der Waals surface area contributed by atoms with Gasteiger partial charge >= 0.3 is 0 Å². The zero-order chi connectivity index (χ0) is 15.3. The van der Waals surface area contributed by atoms with E-state index in [1.54, 1.807) is 13.2 Å². The van der Waals surface area contributed by atoms with Crippen LogP contribution in [0.25, 0.3) is 0 Å². The normalized spacial score (nSPS) is 13.4. The molecule has 2 N–H and O–H groups in total. The molecule has 5 nitrogen and oxygen atoms in total. The van der Waals surface area contributed by atoms with Gasteiger partial charge in [-0.3, -0.25) is 0 Å². The van der Waals surface area contributed by atoms with Crippen molar-refractivity contribution in [1.29, 1.82) is 0 Å². The van der Waals surface area contributed by atoms with Gasteiger partial charge in [0.05, 0.1) is 11.0 Å². The highest BCUT2D eigenvalue weighted by Gasteiger charge is 2.19. The number of sulfonamides is 1. The minimum atomic E-state index is -3.51. The van der Waals surface area contributed by atoms with Gasteiger partial charge in [0.15, 0.2) is 0 Å². The maximum atomic E-state index is 12.4. The number of hydrogen-bond donors (Lipinski definition) is 2. The maximum absolute atomic E-state index is 12.4. The van der Waals surface area contributed by atoms with E-state index in [-0.39, 0.29) is 12.6 Å². The van der Waals surface area contributed by atoms with Gasteiger partial charge in [-0.25, -0.2) is 13.1 Å². The summed E-state index contributed by atoms with van der Waals surface area (Å²) in [4.78, 5) is 0.330. The summed E-state index contributed by atoms with van der Waals surface area (Å²) >= 11 is 0. The molecule has 0 radical (unpaired) electrons. The Kier molecular flexibility index (Phi) is 6.13. The second-order valence-electron chi connectivity index (χ2n) is 4.97. The second kappa shape index (κ2) is 7.17. The summed E-state index contributed by atoms with van der Waals surface area (Å²) in [5.74, 6) is 0. The topological polar surface area (TPSA) is 67.4 Å². The first-order valence-electron chi connectivity index (χ1n) is 6.59. The van der Waals surface area contributed by atoms with Crippen molar-refractivity contribution >= 4 is 10.0 Å². The SMILES string of the molecule is CNCc1cc(S(=O)(=O)NCC(C)OC)c(C)cc1C. The molecule has 1 unspecified atom stereocenters. The first kappa shape index (κ1) is 17.1. The summed E-state index contributed by atoms with van der Waals surface area (Å²) in [6, 6.07) is 3.64. The summed E-state index contributed by atoms with van der Waals surface area (Å²) in [6.07, 6.45) is -0.160. The summed E-state index contributed by atoms with van der Waals surface area (Å²) in [6.45, 7) is 6.51. The molecule has 1 aromatic rings. The number of benzene rings is 1. The zero-order valence-electron chi connectivity index (χ0n) is 12.8. The first-order valence-corrected chi connectivity index (χ1v) is 8.07. The number of methoxy groups -OCH3 is 1. The molecule has 0 aliphatic heterocycles. The van der Waals surface area contributed by atoms with E-state index in [1.165, 1.54) is 0 Å². The van der Waals surface area contributed by atoms with Crippen molar-refractivity contribution in [1.82, 2.24) is 10.0 Å². The molecule has 0 heterocycles. The number of aryl methyl sites for hydroxylation is 2. The number of nitrogens with one attached hydrogen (secondary N) is 2. The smallest absolute Gasteiger partial charge is 0.240 e. The Morgan fingerprint density at radius 2 is 1.90 bits per heavy atom. The predicted molar refractivity (Wildman–Crippen MR) is 80.3 cm³/mol. The third kappa shape index (κ3) is 4.28. The van der Waals surface area contributed by atoms with Crippen LogP contribution in [0.5, 0.6) is 0 Å². The van der Waals surface area contributed by atoms with Crippen LogP contribution in [-0.4, -0.2) is 35.2 Å². The van der Waals surface area contributed by atoms with E-state index in [9.17, 15) is 8.42 Å². The van der Waals surface area contributed by atoms with Crippen LogP contribution in [0.4, 0.5) is 0 Å². The highest BCUT2D eigenvalue weighted by atomic mass is 32.2. The minimum Gasteiger partial charge on any atom is -0.380 e. The molecule has 0 spiro atoms. The van der Waals surface area contributed by atoms with Crippen molar-refractivity contribution in [2.75, 3.05) is 20.7 Å². The molecule has 0 amide bonds. The third-order valence-electron chi connectivity index (χ3n) is 3.25. The fourth-order valence-corrected chi connectivity index (χ4v) is 3.32. The van der Waals surface area contributed by atoms with Crippen LogP contribution in [0, 0.1) is 13.8 Å². The lowest BCUT2D eigenvalue weighted by atomic mass is 10.1. The summed E-state index contributed by atoms with van der Waals surface area (Å²) in [5, 5.41) is 3.05. The Hall–Kier alpha value is -0.950. The zero-order valence-corrected chi connectivity index (χ0v) is 13.6. The van der Waals surface area contributed by atoms with Crippen molar-refractivity contribution in [3.05, 3.63) is 28.8 Å². The molecule has 0 aliphatic carbocycles. The maximum Gasteiger partial charge on any atom is 0.240 e. The third-order valence-corrected chi connectivity index (χ3v) is 4.82. The fourth-order valence-electron chi connectivity index (χ4n) is 1.93. The van der Waals surface area contributed by atoms with E-state index in [1.807, 2.05) is 33.9 Å². The lowest BCUT2D eigenvalue weighted by Crippen LogP contribution is -2.32. The highest BCUT2D eigenvalue weighted by molar-refractivity contribution is 7.89. The van der Waals surface area contributed by atoms with Crippen LogP contribution in [-0.2, 0) is 21.3 Å². The molecular weight excluding hydrogens is 276 g/mol. The molecule has 0 aliphatic rings. The van der Waals surface area contributed by atoms with E-state index in [0.29, 0.717) is 11.4 Å². The lowest BCUT2D eigenvalue weighted by Gasteiger charge is -2.15. The molecular formula is C14H24N2O3S. The molecule has 114 valence electrons. The van der Waals surface area contributed by atoms with E-state index < -0.39 is 10.0 Å². The Labute approximate surface area is 121 Å². The summed E-state index contributed by atoms with van der Waals surface area (Å²) in [7, 11) is -0.116. The lowest BCUT2D eigenvalue weighted by molar-refractivity contribution is 0.122. The van der Waals surface area contributed by atoms with Crippen LogP contribution >= 0.6 is 0 Å². The van der Waals surface area contributed by atoms with Crippen molar-refractivity contribution < 1.29 is 13.2 Å². The fraction of sp³-hybridized carbons (Fsp3) is 0.571. The van der Waals surface area contributed by atoms with E-state index in [0.717, 1.165) is 16.7 Å². The van der Waals surface area contributed by atoms with Crippen LogP contribution in [0.15, 0.2) is 17.0 Å². The van der Waals surface area contributed by atoms with Gasteiger partial charge in [0.1, 0.15) is 0 Å². The number of hydrogen-bond acceptors (Lipinski definition) is 4. The molecule has 0 bridgehead atoms. The summed E-state index contributed by atoms with van der Waals surface area (Å²) < 4.78 is 32.3. The average Bonchev–Trinajstić information content (AvgIpc) is 2.39. The number of ether oxygens (including phenoxy) is 1. The monoisotopic (exact) mass is 300 g/mol. The van der Waals surface area contributed by atoms with Crippen molar-refractivity contribution in [2.45, 2.75) is 38.3 Å². The summed E-state index contributed by atoms with van der Waals surface area (Å²) in [5.41, 5.74) is 2.82. The van der Waals surface area contributed by atoms with Crippen molar-refractivity contribution in [2.24, 2.45) is 0 Å². The van der Waals surface area contributed by atoms with E-state index >= 15 is 0 Å². The highest BCUT2D eigenvalue weighted by Crippen LogP contribution is 2.20. The Bertz CT molecular complexity index is 556. The molecule has 1 rings (SSSR count). The van der Waals surface area contributed by atoms with E-state index in [4.69, 9.17) is 4.74 Å². The molecule has 0 saturated heterocycles. The van der Waals surface area contributed by atoms with Gasteiger partial charge in [0.25, 0.3) is 0 Å². The molecule has 6 heteroatoms. The molecule has 1 atom stereocenters. The molecule has 20 heavy (non-hydrogen) atoms. The molecule has 0 saturated carbocycles. The van der Waals surface area contributed by atoms with Crippen LogP contribution < -0.4 is 10.0 Å². The molecule has 1 aromatic carbocycles. The van der Waals surface area contributed by atoms with Crippen molar-refractivity contribution in [3.63, 3.8) is 0 Å². The minimum absolute atomic E-state index is 0.160. The van der Waals surface area contributed by atoms with Crippen LogP contribution in [0.2, 0.25) is 0 Å². The predicted octanol–water partition coefficient (Wildman–Crippen LogP) is 1.34. The Morgan fingerprint density at radius 3 is 2.45 bits per heavy atom. The Morgan fingerprint density at radius 1 is 1.25 bits per heavy atom. The Balaban J connectivity index is 3.08. The van der Waals surface area contributed by atoms with Gasteiger partial charge in [-0.05, 0) is 50.6 Å². The quantitative estimate of drug-likeness (QED) is 0.797. The number of rotatable bonds is 7. The van der Waals surface area contributed by atoms with Gasteiger partial charge < -0.3 is 10.1 Å². The molecule has 0 aromatic heterocycles. The van der Waals surface area contributed by atoms with E-state index in [2.05, 4.69) is 10.0 Å². The largest absolute Gasteiger partial charge is 0.380 e. The first-order chi connectivity index (χ1) is 9.31.